The Morgan fingerprint density at radius 1 is 1.58 bits per heavy atom. The molecule has 0 aliphatic carbocycles. The third kappa shape index (κ3) is 3.26. The van der Waals surface area contributed by atoms with E-state index >= 15 is 0 Å². The Morgan fingerprint density at radius 3 is 2.74 bits per heavy atom. The molecule has 1 saturated heterocycles. The SMILES string of the molecule is CC1(C)CC(OC(=O)Cn2ccc(N)n2)C(C)(C)O1. The molecule has 0 aromatic carbocycles. The maximum absolute atomic E-state index is 11.9. The molecule has 106 valence electrons. The summed E-state index contributed by atoms with van der Waals surface area (Å²) in [6.07, 6.45) is 2.09. The zero-order valence-corrected chi connectivity index (χ0v) is 11.8. The third-order valence-corrected chi connectivity index (χ3v) is 3.22. The second kappa shape index (κ2) is 4.52. The van der Waals surface area contributed by atoms with Crippen LogP contribution in [0.1, 0.15) is 34.1 Å². The van der Waals surface area contributed by atoms with Crippen LogP contribution in [0.25, 0.3) is 0 Å². The Balaban J connectivity index is 1.96. The maximum Gasteiger partial charge on any atom is 0.328 e. The number of hydrogen-bond acceptors (Lipinski definition) is 5. The normalized spacial score (nSPS) is 24.3. The molecule has 1 aromatic rings. The standard InChI is InChI=1S/C13H21N3O3/c1-12(2)7-9(13(3,4)19-12)18-11(17)8-16-6-5-10(14)15-16/h5-6,9H,7-8H2,1-4H3,(H2,14,15). The average Bonchev–Trinajstić information content (AvgIpc) is 2.68. The zero-order chi connectivity index (χ0) is 14.3. The summed E-state index contributed by atoms with van der Waals surface area (Å²) in [4.78, 5) is 11.9. The van der Waals surface area contributed by atoms with Gasteiger partial charge in [0, 0.05) is 12.6 Å². The highest BCUT2D eigenvalue weighted by atomic mass is 16.6. The molecule has 2 N–H and O–H groups in total. The highest BCUT2D eigenvalue weighted by molar-refractivity contribution is 5.69. The van der Waals surface area contributed by atoms with Gasteiger partial charge in [0.1, 0.15) is 24.1 Å². The number of aromatic nitrogens is 2. The number of carbonyl (C=O) groups is 1. The monoisotopic (exact) mass is 267 g/mol. The van der Waals surface area contributed by atoms with E-state index in [0.29, 0.717) is 12.2 Å². The lowest BCUT2D eigenvalue weighted by atomic mass is 9.97. The summed E-state index contributed by atoms with van der Waals surface area (Å²) in [5.74, 6) is 0.0564. The highest BCUT2D eigenvalue weighted by Crippen LogP contribution is 2.39. The van der Waals surface area contributed by atoms with Crippen molar-refractivity contribution in [1.82, 2.24) is 9.78 Å². The maximum atomic E-state index is 11.9. The molecule has 0 radical (unpaired) electrons. The second-order valence-corrected chi connectivity index (χ2v) is 6.09. The van der Waals surface area contributed by atoms with Crippen molar-refractivity contribution in [2.24, 2.45) is 0 Å². The summed E-state index contributed by atoms with van der Waals surface area (Å²) < 4.78 is 12.9. The molecule has 2 rings (SSSR count). The third-order valence-electron chi connectivity index (χ3n) is 3.22. The summed E-state index contributed by atoms with van der Waals surface area (Å²) >= 11 is 0. The molecule has 1 atom stereocenters. The largest absolute Gasteiger partial charge is 0.458 e. The number of nitrogens with zero attached hydrogens (tertiary/aromatic N) is 2. The van der Waals surface area contributed by atoms with E-state index in [4.69, 9.17) is 15.2 Å². The van der Waals surface area contributed by atoms with Crippen LogP contribution in [0, 0.1) is 0 Å². The fraction of sp³-hybridized carbons (Fsp3) is 0.692. The number of ether oxygens (including phenoxy) is 2. The van der Waals surface area contributed by atoms with Crippen molar-refractivity contribution >= 4 is 11.8 Å². The van der Waals surface area contributed by atoms with Gasteiger partial charge in [0.2, 0.25) is 0 Å². The molecule has 0 bridgehead atoms. The van der Waals surface area contributed by atoms with E-state index in [1.54, 1.807) is 12.3 Å². The predicted octanol–water partition coefficient (Wildman–Crippen LogP) is 1.35. The number of carbonyl (C=O) groups excluding carboxylic acids is 1. The number of hydrogen-bond donors (Lipinski definition) is 1. The molecule has 0 spiro atoms. The van der Waals surface area contributed by atoms with Crippen LogP contribution in [-0.2, 0) is 20.8 Å². The lowest BCUT2D eigenvalue weighted by molar-refractivity contribution is -0.159. The summed E-state index contributed by atoms with van der Waals surface area (Å²) in [6.45, 7) is 7.93. The minimum atomic E-state index is -0.470. The van der Waals surface area contributed by atoms with Crippen LogP contribution in [0.4, 0.5) is 5.82 Å². The molecule has 19 heavy (non-hydrogen) atoms. The van der Waals surface area contributed by atoms with Crippen molar-refractivity contribution in [3.63, 3.8) is 0 Å². The van der Waals surface area contributed by atoms with Gasteiger partial charge in [-0.2, -0.15) is 5.10 Å². The zero-order valence-electron chi connectivity index (χ0n) is 11.8. The molecule has 0 saturated carbocycles. The fourth-order valence-corrected chi connectivity index (χ4v) is 2.49. The Hall–Kier alpha value is -1.56. The van der Waals surface area contributed by atoms with Crippen LogP contribution in [0.15, 0.2) is 12.3 Å². The van der Waals surface area contributed by atoms with Gasteiger partial charge < -0.3 is 15.2 Å². The number of nitrogens with two attached hydrogens (primary N) is 1. The first-order valence-corrected chi connectivity index (χ1v) is 6.36. The molecule has 1 aliphatic rings. The van der Waals surface area contributed by atoms with Crippen LogP contribution < -0.4 is 5.73 Å². The summed E-state index contributed by atoms with van der Waals surface area (Å²) in [7, 11) is 0. The number of rotatable bonds is 3. The summed E-state index contributed by atoms with van der Waals surface area (Å²) in [6, 6.07) is 1.64. The molecular formula is C13H21N3O3. The van der Waals surface area contributed by atoms with Gasteiger partial charge in [-0.05, 0) is 33.8 Å². The van der Waals surface area contributed by atoms with E-state index < -0.39 is 5.60 Å². The molecular weight excluding hydrogens is 246 g/mol. The van der Waals surface area contributed by atoms with E-state index in [-0.39, 0.29) is 24.2 Å². The topological polar surface area (TPSA) is 79.4 Å². The van der Waals surface area contributed by atoms with Gasteiger partial charge in [-0.1, -0.05) is 0 Å². The summed E-state index contributed by atoms with van der Waals surface area (Å²) in [5, 5.41) is 3.95. The van der Waals surface area contributed by atoms with Gasteiger partial charge in [-0.3, -0.25) is 9.48 Å². The van der Waals surface area contributed by atoms with Crippen molar-refractivity contribution in [2.45, 2.75) is 58.0 Å². The van der Waals surface area contributed by atoms with Crippen LogP contribution in [-0.4, -0.2) is 33.1 Å². The smallest absolute Gasteiger partial charge is 0.328 e. The van der Waals surface area contributed by atoms with Gasteiger partial charge in [0.05, 0.1) is 5.60 Å². The summed E-state index contributed by atoms with van der Waals surface area (Å²) in [5.41, 5.74) is 4.75. The lowest BCUT2D eigenvalue weighted by Gasteiger charge is -2.26. The molecule has 1 unspecified atom stereocenters. The number of esters is 1. The van der Waals surface area contributed by atoms with E-state index in [0.717, 1.165) is 0 Å². The Kier molecular flexibility index (Phi) is 3.30. The first-order chi connectivity index (χ1) is 8.68. The lowest BCUT2D eigenvalue weighted by Crippen LogP contribution is -2.37. The van der Waals surface area contributed by atoms with Gasteiger partial charge in [0.15, 0.2) is 0 Å². The average molecular weight is 267 g/mol. The van der Waals surface area contributed by atoms with Crippen molar-refractivity contribution in [2.75, 3.05) is 5.73 Å². The van der Waals surface area contributed by atoms with Crippen LogP contribution >= 0.6 is 0 Å². The molecule has 6 nitrogen and oxygen atoms in total. The molecule has 1 fully saturated rings. The van der Waals surface area contributed by atoms with Crippen molar-refractivity contribution in [3.8, 4) is 0 Å². The predicted molar refractivity (Wildman–Crippen MR) is 70.4 cm³/mol. The number of nitrogen functional groups attached to an aromatic ring is 1. The van der Waals surface area contributed by atoms with Crippen LogP contribution in [0.2, 0.25) is 0 Å². The van der Waals surface area contributed by atoms with Crippen molar-refractivity contribution in [1.29, 1.82) is 0 Å². The first kappa shape index (κ1) is 13.9. The van der Waals surface area contributed by atoms with E-state index in [9.17, 15) is 4.79 Å². The minimum absolute atomic E-state index is 0.0597. The highest BCUT2D eigenvalue weighted by Gasteiger charge is 2.48. The fourth-order valence-electron chi connectivity index (χ4n) is 2.49. The molecule has 0 amide bonds. The Morgan fingerprint density at radius 2 is 2.26 bits per heavy atom. The van der Waals surface area contributed by atoms with Gasteiger partial charge in [0.25, 0.3) is 0 Å². The molecule has 1 aromatic heterocycles. The van der Waals surface area contributed by atoms with E-state index in [1.165, 1.54) is 4.68 Å². The molecule has 6 heteroatoms. The Labute approximate surface area is 112 Å². The van der Waals surface area contributed by atoms with E-state index in [2.05, 4.69) is 5.10 Å². The second-order valence-electron chi connectivity index (χ2n) is 6.09. The quantitative estimate of drug-likeness (QED) is 0.836. The Bertz CT molecular complexity index is 479. The molecule has 2 heterocycles. The van der Waals surface area contributed by atoms with Crippen molar-refractivity contribution < 1.29 is 14.3 Å². The molecule has 1 aliphatic heterocycles. The van der Waals surface area contributed by atoms with Gasteiger partial charge >= 0.3 is 5.97 Å². The minimum Gasteiger partial charge on any atom is -0.458 e. The first-order valence-electron chi connectivity index (χ1n) is 6.36. The van der Waals surface area contributed by atoms with Crippen LogP contribution in [0.5, 0.6) is 0 Å². The van der Waals surface area contributed by atoms with Crippen molar-refractivity contribution in [3.05, 3.63) is 12.3 Å². The van der Waals surface area contributed by atoms with Gasteiger partial charge in [-0.15, -0.1) is 0 Å². The van der Waals surface area contributed by atoms with E-state index in [1.807, 2.05) is 27.7 Å². The van der Waals surface area contributed by atoms with Gasteiger partial charge in [-0.25, -0.2) is 0 Å². The van der Waals surface area contributed by atoms with Crippen LogP contribution in [0.3, 0.4) is 0 Å². The number of anilines is 1.